The average molecular weight is 554 g/mol. The molecule has 11 heteroatoms. The first kappa shape index (κ1) is 27.0. The van der Waals surface area contributed by atoms with E-state index in [2.05, 4.69) is 9.71 Å². The third-order valence-corrected chi connectivity index (χ3v) is 7.62. The Morgan fingerprint density at radius 2 is 1.79 bits per heavy atom. The molecule has 0 fully saturated rings. The highest BCUT2D eigenvalue weighted by atomic mass is 32.2. The molecule has 38 heavy (non-hydrogen) atoms. The summed E-state index contributed by atoms with van der Waals surface area (Å²) in [5, 5.41) is 2.49. The minimum absolute atomic E-state index is 0.00990. The van der Waals surface area contributed by atoms with Gasteiger partial charge in [0.2, 0.25) is 21.5 Å². The first-order valence-corrected chi connectivity index (χ1v) is 13.8. The number of carbonyl (C=O) groups excluding carboxylic acids is 1. The molecule has 0 aliphatic carbocycles. The smallest absolute Gasteiger partial charge is 0.248 e. The molecule has 0 aliphatic rings. The van der Waals surface area contributed by atoms with E-state index in [-0.39, 0.29) is 28.7 Å². The van der Waals surface area contributed by atoms with Gasteiger partial charge >= 0.3 is 0 Å². The van der Waals surface area contributed by atoms with Gasteiger partial charge in [-0.1, -0.05) is 24.3 Å². The van der Waals surface area contributed by atoms with E-state index >= 15 is 0 Å². The second-order valence-electron chi connectivity index (χ2n) is 8.10. The summed E-state index contributed by atoms with van der Waals surface area (Å²) in [6.45, 7) is 0.190. The van der Waals surface area contributed by atoms with Crippen molar-refractivity contribution < 1.29 is 22.0 Å². The van der Waals surface area contributed by atoms with Crippen molar-refractivity contribution in [2.75, 3.05) is 6.54 Å². The fraction of sp³-hybridized carbons (Fsp3) is 0.111. The molecule has 0 unspecified atom stereocenters. The second-order valence-corrected chi connectivity index (χ2v) is 10.9. The van der Waals surface area contributed by atoms with Crippen LogP contribution in [-0.4, -0.2) is 30.8 Å². The van der Waals surface area contributed by atoms with Crippen molar-refractivity contribution in [3.63, 3.8) is 0 Å². The van der Waals surface area contributed by atoms with Gasteiger partial charge in [-0.15, -0.1) is 11.3 Å². The molecule has 3 heterocycles. The number of fused-ring (bicyclic) bond motifs is 1. The standard InChI is InChI=1S/C21H19N3O5S2.C6H5F/c25-20-8-5-15-11-18(6-7-19(15)23-20)31(27,28)22-12-21(26)24(13-16-3-1-9-29-16)14-17-4-2-10-30-17;7-6-4-2-1-3-5-6/h1-11,22H,12-14H2,(H,23,25);1-5H. The van der Waals surface area contributed by atoms with E-state index in [4.69, 9.17) is 4.42 Å². The first-order valence-electron chi connectivity index (χ1n) is 11.5. The topological polar surface area (TPSA) is 112 Å². The summed E-state index contributed by atoms with van der Waals surface area (Å²) in [7, 11) is -3.92. The normalized spacial score (nSPS) is 11.1. The van der Waals surface area contributed by atoms with Gasteiger partial charge < -0.3 is 14.3 Å². The molecule has 0 bridgehead atoms. The number of sulfonamides is 1. The maximum Gasteiger partial charge on any atom is 0.248 e. The molecule has 196 valence electrons. The van der Waals surface area contributed by atoms with Crippen molar-refractivity contribution in [1.29, 1.82) is 0 Å². The average Bonchev–Trinajstić information content (AvgIpc) is 3.62. The van der Waals surface area contributed by atoms with Gasteiger partial charge in [-0.3, -0.25) is 9.59 Å². The predicted octanol–water partition coefficient (Wildman–Crippen LogP) is 4.52. The number of benzene rings is 2. The molecule has 1 amide bonds. The number of pyridine rings is 1. The van der Waals surface area contributed by atoms with Gasteiger partial charge in [0.05, 0.1) is 30.8 Å². The summed E-state index contributed by atoms with van der Waals surface area (Å²) >= 11 is 1.52. The Kier molecular flexibility index (Phi) is 8.85. The molecule has 5 rings (SSSR count). The summed E-state index contributed by atoms with van der Waals surface area (Å²) in [5.41, 5.74) is 0.261. The molecule has 0 radical (unpaired) electrons. The van der Waals surface area contributed by atoms with Crippen LogP contribution in [-0.2, 0) is 27.9 Å². The third kappa shape index (κ3) is 7.48. The summed E-state index contributed by atoms with van der Waals surface area (Å²) in [4.78, 5) is 29.4. The van der Waals surface area contributed by atoms with Gasteiger partial charge in [0.15, 0.2) is 0 Å². The predicted molar refractivity (Wildman–Crippen MR) is 143 cm³/mol. The maximum atomic E-state index is 12.8. The van der Waals surface area contributed by atoms with Crippen molar-refractivity contribution in [2.24, 2.45) is 0 Å². The van der Waals surface area contributed by atoms with E-state index in [9.17, 15) is 22.4 Å². The van der Waals surface area contributed by atoms with E-state index in [0.717, 1.165) is 4.88 Å². The number of aromatic amines is 1. The number of nitrogens with zero attached hydrogens (tertiary/aromatic N) is 1. The number of amides is 1. The maximum absolute atomic E-state index is 12.8. The Labute approximate surface area is 222 Å². The quantitative estimate of drug-likeness (QED) is 0.294. The fourth-order valence-corrected chi connectivity index (χ4v) is 5.21. The highest BCUT2D eigenvalue weighted by Gasteiger charge is 2.21. The number of furan rings is 1. The lowest BCUT2D eigenvalue weighted by Gasteiger charge is -2.21. The van der Waals surface area contributed by atoms with Crippen molar-refractivity contribution in [2.45, 2.75) is 18.0 Å². The number of hydrogen-bond donors (Lipinski definition) is 2. The molecule has 0 spiro atoms. The van der Waals surface area contributed by atoms with E-state index in [1.54, 1.807) is 36.4 Å². The van der Waals surface area contributed by atoms with E-state index in [0.29, 0.717) is 23.2 Å². The van der Waals surface area contributed by atoms with Crippen LogP contribution in [0.15, 0.2) is 111 Å². The number of nitrogens with one attached hydrogen (secondary N) is 2. The SMILES string of the molecule is Fc1ccccc1.O=C(CNS(=O)(=O)c1ccc2[nH]c(=O)ccc2c1)N(Cc1ccco1)Cc1cccs1. The van der Waals surface area contributed by atoms with Crippen LogP contribution in [0.4, 0.5) is 4.39 Å². The van der Waals surface area contributed by atoms with Crippen molar-refractivity contribution in [3.05, 3.63) is 123 Å². The number of halogens is 1. The third-order valence-electron chi connectivity index (χ3n) is 5.36. The monoisotopic (exact) mass is 553 g/mol. The molecule has 0 atom stereocenters. The lowest BCUT2D eigenvalue weighted by atomic mass is 10.2. The summed E-state index contributed by atoms with van der Waals surface area (Å²) in [6.07, 6.45) is 1.53. The Balaban J connectivity index is 0.000000417. The molecular formula is C27H24FN3O5S2. The first-order chi connectivity index (χ1) is 18.3. The van der Waals surface area contributed by atoms with Crippen LogP contribution in [0.25, 0.3) is 10.9 Å². The van der Waals surface area contributed by atoms with E-state index < -0.39 is 16.6 Å². The number of thiophene rings is 1. The van der Waals surface area contributed by atoms with Gasteiger partial charge in [0, 0.05) is 16.5 Å². The Hall–Kier alpha value is -4.06. The highest BCUT2D eigenvalue weighted by molar-refractivity contribution is 7.89. The molecule has 0 saturated heterocycles. The van der Waals surface area contributed by atoms with Crippen LogP contribution in [0.3, 0.4) is 0 Å². The number of carbonyl (C=O) groups is 1. The number of rotatable bonds is 8. The lowest BCUT2D eigenvalue weighted by Crippen LogP contribution is -2.39. The van der Waals surface area contributed by atoms with Crippen LogP contribution in [0.5, 0.6) is 0 Å². The van der Waals surface area contributed by atoms with Crippen molar-refractivity contribution in [3.8, 4) is 0 Å². The number of aromatic nitrogens is 1. The molecule has 8 nitrogen and oxygen atoms in total. The van der Waals surface area contributed by atoms with Gasteiger partial charge in [-0.2, -0.15) is 0 Å². The molecular weight excluding hydrogens is 529 g/mol. The van der Waals surface area contributed by atoms with Crippen LogP contribution in [0.1, 0.15) is 10.6 Å². The second kappa shape index (κ2) is 12.5. The van der Waals surface area contributed by atoms with E-state index in [1.165, 1.54) is 58.9 Å². The minimum atomic E-state index is -3.92. The summed E-state index contributed by atoms with van der Waals surface area (Å²) < 4.78 is 45.1. The summed E-state index contributed by atoms with van der Waals surface area (Å²) in [5.74, 6) is 0.0530. The molecule has 5 aromatic rings. The zero-order chi connectivity index (χ0) is 27.0. The molecule has 0 aliphatic heterocycles. The van der Waals surface area contributed by atoms with Gasteiger partial charge in [0.25, 0.3) is 0 Å². The summed E-state index contributed by atoms with van der Waals surface area (Å²) in [6, 6.07) is 22.5. The Bertz CT molecular complexity index is 1600. The van der Waals surface area contributed by atoms with E-state index in [1.807, 2.05) is 17.5 Å². The highest BCUT2D eigenvalue weighted by Crippen LogP contribution is 2.17. The van der Waals surface area contributed by atoms with Gasteiger partial charge in [0.1, 0.15) is 11.6 Å². The largest absolute Gasteiger partial charge is 0.467 e. The fourth-order valence-electron chi connectivity index (χ4n) is 3.48. The lowest BCUT2D eigenvalue weighted by molar-refractivity contribution is -0.131. The van der Waals surface area contributed by atoms with Crippen LogP contribution < -0.4 is 10.3 Å². The van der Waals surface area contributed by atoms with Gasteiger partial charge in [-0.05, 0) is 65.4 Å². The zero-order valence-electron chi connectivity index (χ0n) is 20.0. The number of hydrogen-bond acceptors (Lipinski definition) is 6. The number of H-pyrrole nitrogens is 1. The van der Waals surface area contributed by atoms with Crippen molar-refractivity contribution >= 4 is 38.2 Å². The minimum Gasteiger partial charge on any atom is -0.467 e. The molecule has 0 saturated carbocycles. The Morgan fingerprint density at radius 3 is 2.45 bits per heavy atom. The van der Waals surface area contributed by atoms with Crippen LogP contribution >= 0.6 is 11.3 Å². The van der Waals surface area contributed by atoms with Crippen LogP contribution in [0, 0.1) is 5.82 Å². The molecule has 3 aromatic heterocycles. The van der Waals surface area contributed by atoms with Crippen molar-refractivity contribution in [1.82, 2.24) is 14.6 Å². The molecule has 2 N–H and O–H groups in total. The molecule has 2 aromatic carbocycles. The zero-order valence-corrected chi connectivity index (χ0v) is 21.7. The Morgan fingerprint density at radius 1 is 0.974 bits per heavy atom. The van der Waals surface area contributed by atoms with Crippen LogP contribution in [0.2, 0.25) is 0 Å². The van der Waals surface area contributed by atoms with Gasteiger partial charge in [-0.25, -0.2) is 17.5 Å².